The Morgan fingerprint density at radius 2 is 1.89 bits per heavy atom. The average molecular weight is 395 g/mol. The predicted molar refractivity (Wildman–Crippen MR) is 115 cm³/mol. The van der Waals surface area contributed by atoms with E-state index in [1.165, 1.54) is 12.0 Å². The van der Waals surface area contributed by atoms with E-state index in [1.54, 1.807) is 11.8 Å². The van der Waals surface area contributed by atoms with Crippen LogP contribution in [0.25, 0.3) is 10.9 Å². The molecule has 3 aromatic rings. The summed E-state index contributed by atoms with van der Waals surface area (Å²) in [4.78, 5) is 17.9. The van der Waals surface area contributed by atoms with Gasteiger partial charge in [0, 0.05) is 18.9 Å². The van der Waals surface area contributed by atoms with Crippen LogP contribution in [0.2, 0.25) is 0 Å². The van der Waals surface area contributed by atoms with Crippen molar-refractivity contribution in [3.8, 4) is 0 Å². The summed E-state index contributed by atoms with van der Waals surface area (Å²) in [5.74, 6) is 0.851. The summed E-state index contributed by atoms with van der Waals surface area (Å²) in [5.41, 5.74) is 2.14. The fourth-order valence-corrected chi connectivity index (χ4v) is 4.74. The van der Waals surface area contributed by atoms with Crippen LogP contribution in [0.3, 0.4) is 0 Å². The Kier molecular flexibility index (Phi) is 6.45. The Morgan fingerprint density at radius 3 is 2.71 bits per heavy atom. The number of hydrogen-bond acceptors (Lipinski definition) is 4. The highest BCUT2D eigenvalue weighted by Gasteiger charge is 2.17. The molecule has 1 saturated heterocycles. The van der Waals surface area contributed by atoms with Gasteiger partial charge in [0.1, 0.15) is 0 Å². The van der Waals surface area contributed by atoms with Gasteiger partial charge in [-0.2, -0.15) is 0 Å². The molecule has 0 unspecified atom stereocenters. The maximum absolute atomic E-state index is 13.1. The van der Waals surface area contributed by atoms with E-state index in [9.17, 15) is 4.79 Å². The summed E-state index contributed by atoms with van der Waals surface area (Å²) in [7, 11) is 0. The van der Waals surface area contributed by atoms with Crippen LogP contribution >= 0.6 is 11.8 Å². The zero-order valence-electron chi connectivity index (χ0n) is 16.0. The molecule has 0 spiro atoms. The molecule has 4 nitrogen and oxygen atoms in total. The summed E-state index contributed by atoms with van der Waals surface area (Å²) >= 11 is 1.66. The first-order valence-corrected chi connectivity index (χ1v) is 11.1. The fraction of sp³-hybridized carbons (Fsp3) is 0.391. The highest BCUT2D eigenvalue weighted by Crippen LogP contribution is 2.23. The third-order valence-corrected chi connectivity index (χ3v) is 6.30. The Labute approximate surface area is 169 Å². The number of hydrogen-bond donors (Lipinski definition) is 0. The number of aryl methyl sites for hydroxylation is 1. The molecule has 0 amide bonds. The molecule has 2 heterocycles. The summed E-state index contributed by atoms with van der Waals surface area (Å²) in [5, 5.41) is 1.51. The maximum atomic E-state index is 13.1. The number of thioether (sulfide) groups is 1. The Bertz CT molecular complexity index is 965. The van der Waals surface area contributed by atoms with Gasteiger partial charge in [0.25, 0.3) is 5.56 Å². The van der Waals surface area contributed by atoms with Crippen molar-refractivity contribution in [2.45, 2.75) is 49.9 Å². The van der Waals surface area contributed by atoms with Crippen LogP contribution in [-0.4, -0.2) is 28.0 Å². The molecule has 0 saturated carbocycles. The summed E-state index contributed by atoms with van der Waals surface area (Å²) < 4.78 is 7.72. The smallest absolute Gasteiger partial charge is 0.262 e. The van der Waals surface area contributed by atoms with E-state index in [0.717, 1.165) is 48.7 Å². The minimum Gasteiger partial charge on any atom is -0.377 e. The summed E-state index contributed by atoms with van der Waals surface area (Å²) in [6.07, 6.45) is 5.60. The van der Waals surface area contributed by atoms with Gasteiger partial charge in [-0.05, 0) is 49.8 Å². The lowest BCUT2D eigenvalue weighted by Crippen LogP contribution is -2.25. The second-order valence-corrected chi connectivity index (χ2v) is 8.24. The van der Waals surface area contributed by atoms with E-state index < -0.39 is 0 Å². The molecule has 28 heavy (non-hydrogen) atoms. The number of ether oxygens (including phenoxy) is 1. The molecule has 0 aliphatic carbocycles. The van der Waals surface area contributed by atoms with Crippen molar-refractivity contribution in [2.75, 3.05) is 12.4 Å². The van der Waals surface area contributed by atoms with Gasteiger partial charge in [-0.15, -0.1) is 0 Å². The third kappa shape index (κ3) is 4.65. The van der Waals surface area contributed by atoms with E-state index >= 15 is 0 Å². The third-order valence-electron chi connectivity index (χ3n) is 5.19. The SMILES string of the molecule is O=c1c2ccccc2nc(SC[C@@H]2CCCCO2)n1CCCc1ccccc1. The summed E-state index contributed by atoms with van der Waals surface area (Å²) in [6, 6.07) is 18.1. The monoisotopic (exact) mass is 394 g/mol. The van der Waals surface area contributed by atoms with Gasteiger partial charge >= 0.3 is 0 Å². The van der Waals surface area contributed by atoms with Crippen molar-refractivity contribution in [3.63, 3.8) is 0 Å². The van der Waals surface area contributed by atoms with Crippen LogP contribution in [0.1, 0.15) is 31.2 Å². The number of aromatic nitrogens is 2. The molecule has 0 N–H and O–H groups in total. The van der Waals surface area contributed by atoms with Crippen LogP contribution in [0.15, 0.2) is 64.5 Å². The van der Waals surface area contributed by atoms with Crippen molar-refractivity contribution >= 4 is 22.7 Å². The minimum atomic E-state index is 0.0609. The van der Waals surface area contributed by atoms with E-state index in [4.69, 9.17) is 9.72 Å². The first-order valence-electron chi connectivity index (χ1n) is 10.1. The number of benzene rings is 2. The number of rotatable bonds is 7. The van der Waals surface area contributed by atoms with Gasteiger partial charge in [-0.3, -0.25) is 9.36 Å². The molecule has 2 aromatic carbocycles. The largest absolute Gasteiger partial charge is 0.377 e. The minimum absolute atomic E-state index is 0.0609. The van der Waals surface area contributed by atoms with Gasteiger partial charge in [-0.1, -0.05) is 54.2 Å². The second-order valence-electron chi connectivity index (χ2n) is 7.26. The molecule has 1 fully saturated rings. The van der Waals surface area contributed by atoms with Crippen LogP contribution < -0.4 is 5.56 Å². The zero-order valence-corrected chi connectivity index (χ0v) is 16.9. The number of para-hydroxylation sites is 1. The Balaban J connectivity index is 1.54. The standard InChI is InChI=1S/C23H26N2O2S/c26-22-20-13-4-5-14-21(20)24-23(28-17-19-12-6-7-16-27-19)25(22)15-8-11-18-9-2-1-3-10-18/h1-5,9-10,13-14,19H,6-8,11-12,15-17H2/t19-/m0/s1. The quantitative estimate of drug-likeness (QED) is 0.431. The predicted octanol–water partition coefficient (Wildman–Crippen LogP) is 4.69. The molecule has 1 aliphatic heterocycles. The lowest BCUT2D eigenvalue weighted by atomic mass is 10.1. The Hall–Kier alpha value is -2.11. The first kappa shape index (κ1) is 19.2. The molecule has 1 atom stereocenters. The van der Waals surface area contributed by atoms with E-state index in [2.05, 4.69) is 24.3 Å². The van der Waals surface area contributed by atoms with Crippen LogP contribution in [0, 0.1) is 0 Å². The van der Waals surface area contributed by atoms with Gasteiger partial charge in [-0.25, -0.2) is 4.98 Å². The Morgan fingerprint density at radius 1 is 1.07 bits per heavy atom. The molecular weight excluding hydrogens is 368 g/mol. The van der Waals surface area contributed by atoms with E-state index in [1.807, 2.05) is 34.9 Å². The van der Waals surface area contributed by atoms with Gasteiger partial charge in [0.15, 0.2) is 5.16 Å². The lowest BCUT2D eigenvalue weighted by Gasteiger charge is -2.22. The average Bonchev–Trinajstić information content (AvgIpc) is 2.75. The van der Waals surface area contributed by atoms with Crippen LogP contribution in [0.5, 0.6) is 0 Å². The van der Waals surface area contributed by atoms with Crippen molar-refractivity contribution in [2.24, 2.45) is 0 Å². The molecule has 0 radical (unpaired) electrons. The number of fused-ring (bicyclic) bond motifs is 1. The molecule has 1 aromatic heterocycles. The lowest BCUT2D eigenvalue weighted by molar-refractivity contribution is 0.0315. The first-order chi connectivity index (χ1) is 13.8. The topological polar surface area (TPSA) is 44.1 Å². The molecular formula is C23H26N2O2S. The highest BCUT2D eigenvalue weighted by atomic mass is 32.2. The zero-order chi connectivity index (χ0) is 19.2. The van der Waals surface area contributed by atoms with Crippen molar-refractivity contribution < 1.29 is 4.74 Å². The molecule has 0 bridgehead atoms. The fourth-order valence-electron chi connectivity index (χ4n) is 3.65. The van der Waals surface area contributed by atoms with Crippen LogP contribution in [-0.2, 0) is 17.7 Å². The highest BCUT2D eigenvalue weighted by molar-refractivity contribution is 7.99. The van der Waals surface area contributed by atoms with Crippen LogP contribution in [0.4, 0.5) is 0 Å². The van der Waals surface area contributed by atoms with E-state index in [-0.39, 0.29) is 11.7 Å². The second kappa shape index (κ2) is 9.39. The summed E-state index contributed by atoms with van der Waals surface area (Å²) in [6.45, 7) is 1.53. The van der Waals surface area contributed by atoms with Gasteiger partial charge < -0.3 is 4.74 Å². The molecule has 1 aliphatic rings. The van der Waals surface area contributed by atoms with E-state index in [0.29, 0.717) is 11.9 Å². The maximum Gasteiger partial charge on any atom is 0.262 e. The van der Waals surface area contributed by atoms with Crippen molar-refractivity contribution in [3.05, 3.63) is 70.5 Å². The molecule has 4 rings (SSSR count). The number of nitrogens with zero attached hydrogens (tertiary/aromatic N) is 2. The van der Waals surface area contributed by atoms with Crippen molar-refractivity contribution in [1.82, 2.24) is 9.55 Å². The normalized spacial score (nSPS) is 17.1. The van der Waals surface area contributed by atoms with Crippen molar-refractivity contribution in [1.29, 1.82) is 0 Å². The molecule has 146 valence electrons. The van der Waals surface area contributed by atoms with Gasteiger partial charge in [0.2, 0.25) is 0 Å². The van der Waals surface area contributed by atoms with Gasteiger partial charge in [0.05, 0.1) is 17.0 Å². The molecule has 5 heteroatoms.